The van der Waals surface area contributed by atoms with E-state index in [9.17, 15) is 0 Å². The molecular formula is C18H33IN4O. The summed E-state index contributed by atoms with van der Waals surface area (Å²) < 4.78 is 5.36. The van der Waals surface area contributed by atoms with E-state index < -0.39 is 0 Å². The van der Waals surface area contributed by atoms with Gasteiger partial charge in [-0.1, -0.05) is 39.3 Å². The van der Waals surface area contributed by atoms with E-state index in [4.69, 9.17) is 4.52 Å². The molecule has 0 aliphatic heterocycles. The van der Waals surface area contributed by atoms with Crippen LogP contribution in [0.3, 0.4) is 0 Å². The van der Waals surface area contributed by atoms with Gasteiger partial charge in [-0.2, -0.15) is 0 Å². The molecule has 1 heterocycles. The molecule has 1 saturated carbocycles. The molecule has 2 N–H and O–H groups in total. The number of hydrogen-bond acceptors (Lipinski definition) is 3. The second-order valence-electron chi connectivity index (χ2n) is 7.60. The molecule has 0 spiro atoms. The second kappa shape index (κ2) is 9.63. The number of hydrogen-bond donors (Lipinski definition) is 2. The van der Waals surface area contributed by atoms with Gasteiger partial charge >= 0.3 is 0 Å². The molecule has 1 fully saturated rings. The first-order chi connectivity index (χ1) is 10.9. The minimum atomic E-state index is 0. The second-order valence-corrected chi connectivity index (χ2v) is 7.60. The van der Waals surface area contributed by atoms with E-state index in [0.717, 1.165) is 29.9 Å². The van der Waals surface area contributed by atoms with Gasteiger partial charge in [0.15, 0.2) is 11.7 Å². The van der Waals surface area contributed by atoms with Crippen LogP contribution in [0.5, 0.6) is 0 Å². The summed E-state index contributed by atoms with van der Waals surface area (Å²) in [6, 6.07) is 2.01. The maximum Gasteiger partial charge on any atom is 0.191 e. The average Bonchev–Trinajstić information content (AvgIpc) is 2.93. The zero-order chi connectivity index (χ0) is 16.9. The molecule has 0 saturated heterocycles. The van der Waals surface area contributed by atoms with Gasteiger partial charge in [0.05, 0.1) is 12.2 Å². The van der Waals surface area contributed by atoms with Crippen LogP contribution in [-0.4, -0.2) is 24.7 Å². The van der Waals surface area contributed by atoms with Crippen molar-refractivity contribution in [3.05, 3.63) is 17.5 Å². The van der Waals surface area contributed by atoms with Gasteiger partial charge in [0, 0.05) is 19.7 Å². The summed E-state index contributed by atoms with van der Waals surface area (Å²) in [5.74, 6) is 2.81. The Morgan fingerprint density at radius 1 is 1.29 bits per heavy atom. The Kier molecular flexibility index (Phi) is 8.53. The summed E-state index contributed by atoms with van der Waals surface area (Å²) in [6.07, 6.45) is 5.30. The Morgan fingerprint density at radius 2 is 2.00 bits per heavy atom. The smallest absolute Gasteiger partial charge is 0.191 e. The minimum absolute atomic E-state index is 0. The van der Waals surface area contributed by atoms with Gasteiger partial charge in [0.1, 0.15) is 0 Å². The van der Waals surface area contributed by atoms with Crippen LogP contribution in [0.4, 0.5) is 0 Å². The van der Waals surface area contributed by atoms with E-state index in [1.165, 1.54) is 25.7 Å². The van der Waals surface area contributed by atoms with Crippen molar-refractivity contribution in [2.75, 3.05) is 13.6 Å². The summed E-state index contributed by atoms with van der Waals surface area (Å²) in [5.41, 5.74) is 1.46. The van der Waals surface area contributed by atoms with Gasteiger partial charge < -0.3 is 15.2 Å². The standard InChI is InChI=1S/C18H32N4O.HI/c1-13(2)10-18(7-6-8-18)12-21-17(19-5)20-11-15-9-16(14(3)4)22-23-15;/h9,13-14H,6-8,10-12H2,1-5H3,(H2,19,20,21);1H. The van der Waals surface area contributed by atoms with E-state index in [2.05, 4.69) is 48.5 Å². The Morgan fingerprint density at radius 3 is 2.46 bits per heavy atom. The van der Waals surface area contributed by atoms with Crippen molar-refractivity contribution in [3.63, 3.8) is 0 Å². The van der Waals surface area contributed by atoms with Crippen molar-refractivity contribution < 1.29 is 4.52 Å². The molecule has 0 unspecified atom stereocenters. The number of nitrogens with one attached hydrogen (secondary N) is 2. The summed E-state index contributed by atoms with van der Waals surface area (Å²) in [6.45, 7) is 10.5. The predicted octanol–water partition coefficient (Wildman–Crippen LogP) is 4.30. The predicted molar refractivity (Wildman–Crippen MR) is 110 cm³/mol. The molecule has 1 aliphatic carbocycles. The monoisotopic (exact) mass is 448 g/mol. The molecule has 138 valence electrons. The Balaban J connectivity index is 0.00000288. The number of guanidine groups is 1. The molecule has 5 nitrogen and oxygen atoms in total. The quantitative estimate of drug-likeness (QED) is 0.371. The van der Waals surface area contributed by atoms with Crippen molar-refractivity contribution in [2.24, 2.45) is 16.3 Å². The van der Waals surface area contributed by atoms with E-state index in [0.29, 0.717) is 17.9 Å². The van der Waals surface area contributed by atoms with E-state index in [1.807, 2.05) is 13.1 Å². The van der Waals surface area contributed by atoms with Crippen LogP contribution in [-0.2, 0) is 6.54 Å². The lowest BCUT2D eigenvalue weighted by Crippen LogP contribution is -2.46. The highest BCUT2D eigenvalue weighted by Gasteiger charge is 2.37. The van der Waals surface area contributed by atoms with Gasteiger partial charge in [0.25, 0.3) is 0 Å². The molecule has 0 radical (unpaired) electrons. The first kappa shape index (κ1) is 21.3. The Bertz CT molecular complexity index is 521. The first-order valence-electron chi connectivity index (χ1n) is 8.84. The topological polar surface area (TPSA) is 62.5 Å². The lowest BCUT2D eigenvalue weighted by atomic mass is 9.64. The molecule has 1 aliphatic rings. The number of aromatic nitrogens is 1. The average molecular weight is 448 g/mol. The van der Waals surface area contributed by atoms with E-state index in [-0.39, 0.29) is 24.0 Å². The van der Waals surface area contributed by atoms with Crippen molar-refractivity contribution in [2.45, 2.75) is 65.8 Å². The van der Waals surface area contributed by atoms with E-state index in [1.54, 1.807) is 0 Å². The molecule has 0 amide bonds. The SMILES string of the molecule is CN=C(NCc1cc(C(C)C)no1)NCC1(CC(C)C)CCC1.I. The minimum Gasteiger partial charge on any atom is -0.359 e. The molecule has 6 heteroatoms. The molecule has 1 aromatic heterocycles. The van der Waals surface area contributed by atoms with Crippen LogP contribution < -0.4 is 10.6 Å². The largest absolute Gasteiger partial charge is 0.359 e. The zero-order valence-electron chi connectivity index (χ0n) is 15.7. The third-order valence-corrected chi connectivity index (χ3v) is 4.71. The Hall–Kier alpha value is -0.790. The van der Waals surface area contributed by atoms with Crippen molar-refractivity contribution in [1.82, 2.24) is 15.8 Å². The lowest BCUT2D eigenvalue weighted by molar-refractivity contribution is 0.104. The fourth-order valence-electron chi connectivity index (χ4n) is 3.34. The molecule has 2 rings (SSSR count). The summed E-state index contributed by atoms with van der Waals surface area (Å²) in [5, 5.41) is 10.9. The summed E-state index contributed by atoms with van der Waals surface area (Å²) >= 11 is 0. The van der Waals surface area contributed by atoms with Crippen LogP contribution in [0, 0.1) is 11.3 Å². The number of nitrogens with zero attached hydrogens (tertiary/aromatic N) is 2. The normalized spacial score (nSPS) is 16.7. The van der Waals surface area contributed by atoms with Crippen molar-refractivity contribution in [1.29, 1.82) is 0 Å². The number of halogens is 1. The molecule has 1 aromatic rings. The van der Waals surface area contributed by atoms with Gasteiger partial charge in [-0.3, -0.25) is 4.99 Å². The number of aliphatic imine (C=N–C) groups is 1. The van der Waals surface area contributed by atoms with Crippen molar-refractivity contribution >= 4 is 29.9 Å². The highest BCUT2D eigenvalue weighted by molar-refractivity contribution is 14.0. The third kappa shape index (κ3) is 5.93. The van der Waals surface area contributed by atoms with Gasteiger partial charge in [0.2, 0.25) is 0 Å². The summed E-state index contributed by atoms with van der Waals surface area (Å²) in [7, 11) is 1.81. The maximum atomic E-state index is 5.36. The van der Waals surface area contributed by atoms with Crippen LogP contribution in [0.25, 0.3) is 0 Å². The van der Waals surface area contributed by atoms with Gasteiger partial charge in [-0.05, 0) is 36.5 Å². The van der Waals surface area contributed by atoms with Gasteiger partial charge in [-0.15, -0.1) is 24.0 Å². The van der Waals surface area contributed by atoms with Crippen LogP contribution in [0.15, 0.2) is 15.6 Å². The van der Waals surface area contributed by atoms with E-state index >= 15 is 0 Å². The fraction of sp³-hybridized carbons (Fsp3) is 0.778. The molecular weight excluding hydrogens is 415 g/mol. The zero-order valence-corrected chi connectivity index (χ0v) is 18.0. The van der Waals surface area contributed by atoms with Crippen molar-refractivity contribution in [3.8, 4) is 0 Å². The first-order valence-corrected chi connectivity index (χ1v) is 8.84. The molecule has 0 atom stereocenters. The maximum absolute atomic E-state index is 5.36. The highest BCUT2D eigenvalue weighted by Crippen LogP contribution is 2.45. The van der Waals surface area contributed by atoms with Crippen LogP contribution in [0.2, 0.25) is 0 Å². The third-order valence-electron chi connectivity index (χ3n) is 4.71. The highest BCUT2D eigenvalue weighted by atomic mass is 127. The fourth-order valence-corrected chi connectivity index (χ4v) is 3.34. The molecule has 0 bridgehead atoms. The Labute approximate surface area is 163 Å². The molecule has 24 heavy (non-hydrogen) atoms. The lowest BCUT2D eigenvalue weighted by Gasteiger charge is -2.43. The van der Waals surface area contributed by atoms with Gasteiger partial charge in [-0.25, -0.2) is 0 Å². The van der Waals surface area contributed by atoms with Crippen LogP contribution >= 0.6 is 24.0 Å². The summed E-state index contributed by atoms with van der Waals surface area (Å²) in [4.78, 5) is 4.32. The number of rotatable bonds is 7. The molecule has 0 aromatic carbocycles. The van der Waals surface area contributed by atoms with Crippen LogP contribution in [0.1, 0.15) is 70.8 Å².